The quantitative estimate of drug-likeness (QED) is 0.0243. The number of quaternary nitrogens is 1. The van der Waals surface area contributed by atoms with Crippen LogP contribution in [0.2, 0.25) is 0 Å². The fraction of sp³-hybridized carbons (Fsp3) is 0.823. The van der Waals surface area contributed by atoms with Crippen molar-refractivity contribution in [2.45, 2.75) is 289 Å². The molecule has 0 fully saturated rings. The molecule has 3 atom stereocenters. The number of carbonyl (C=O) groups is 1. The summed E-state index contributed by atoms with van der Waals surface area (Å²) in [7, 11) is 1.55. The number of nitrogens with zero attached hydrogens (tertiary/aromatic N) is 1. The number of rotatable bonds is 55. The molecule has 0 saturated carbocycles. The molecule has 3 N–H and O–H groups in total. The van der Waals surface area contributed by atoms with E-state index in [1.165, 1.54) is 205 Å². The first kappa shape index (κ1) is 69.2. The molecule has 0 heterocycles. The van der Waals surface area contributed by atoms with Crippen LogP contribution in [0, 0.1) is 0 Å². The molecule has 8 nitrogen and oxygen atoms in total. The van der Waals surface area contributed by atoms with Crippen LogP contribution in [0.5, 0.6) is 0 Å². The molecular formula is C62H118N2O6P+. The fourth-order valence-electron chi connectivity index (χ4n) is 8.71. The molecule has 0 aromatic rings. The highest BCUT2D eigenvalue weighted by Crippen LogP contribution is 2.43. The lowest BCUT2D eigenvalue weighted by molar-refractivity contribution is -0.870. The van der Waals surface area contributed by atoms with Crippen LogP contribution in [0.25, 0.3) is 0 Å². The zero-order valence-electron chi connectivity index (χ0n) is 47.5. The number of aliphatic hydroxyl groups excluding tert-OH is 1. The van der Waals surface area contributed by atoms with Gasteiger partial charge in [0, 0.05) is 6.42 Å². The number of aliphatic hydroxyl groups is 1. The summed E-state index contributed by atoms with van der Waals surface area (Å²) in [5.74, 6) is -0.190. The van der Waals surface area contributed by atoms with Crippen molar-refractivity contribution in [3.63, 3.8) is 0 Å². The van der Waals surface area contributed by atoms with Gasteiger partial charge in [-0.3, -0.25) is 13.8 Å². The second-order valence-corrected chi connectivity index (χ2v) is 23.2. The SMILES string of the molecule is CCCCCCC/C=C\C/C=C\C/C=C\CCCCCCCCCCCCC(=O)NC(COP(=O)(O)OCC[N+](C)(C)C)C(O)/C=C/CC/C=C/CCCCCCCCCCCCCCCCCCCC. The first-order chi connectivity index (χ1) is 34.5. The number of nitrogens with one attached hydrogen (secondary N) is 1. The maximum absolute atomic E-state index is 13.0. The molecule has 0 aliphatic carbocycles. The molecule has 0 spiro atoms. The predicted molar refractivity (Wildman–Crippen MR) is 309 cm³/mol. The smallest absolute Gasteiger partial charge is 0.387 e. The molecule has 0 saturated heterocycles. The van der Waals surface area contributed by atoms with Crippen LogP contribution in [0.1, 0.15) is 277 Å². The maximum atomic E-state index is 13.0. The number of amides is 1. The monoisotopic (exact) mass is 1020 g/mol. The molecule has 0 radical (unpaired) electrons. The number of hydrogen-bond donors (Lipinski definition) is 3. The van der Waals surface area contributed by atoms with Gasteiger partial charge in [0.05, 0.1) is 39.9 Å². The van der Waals surface area contributed by atoms with Gasteiger partial charge in [-0.1, -0.05) is 261 Å². The van der Waals surface area contributed by atoms with Gasteiger partial charge in [0.25, 0.3) is 0 Å². The highest BCUT2D eigenvalue weighted by molar-refractivity contribution is 7.47. The van der Waals surface area contributed by atoms with Gasteiger partial charge < -0.3 is 19.8 Å². The Morgan fingerprint density at radius 1 is 0.479 bits per heavy atom. The molecule has 0 aliphatic rings. The Balaban J connectivity index is 4.25. The molecule has 0 aromatic carbocycles. The number of allylic oxidation sites excluding steroid dienone is 9. The van der Waals surface area contributed by atoms with Crippen molar-refractivity contribution in [1.82, 2.24) is 5.32 Å². The van der Waals surface area contributed by atoms with Crippen LogP contribution in [0.15, 0.2) is 60.8 Å². The van der Waals surface area contributed by atoms with Gasteiger partial charge in [-0.25, -0.2) is 4.57 Å². The number of hydrogen-bond acceptors (Lipinski definition) is 5. The van der Waals surface area contributed by atoms with Crippen molar-refractivity contribution in [2.75, 3.05) is 40.9 Å². The number of phosphoric ester groups is 1. The topological polar surface area (TPSA) is 105 Å². The van der Waals surface area contributed by atoms with E-state index in [-0.39, 0.29) is 19.1 Å². The Morgan fingerprint density at radius 2 is 0.817 bits per heavy atom. The Labute approximate surface area is 441 Å². The van der Waals surface area contributed by atoms with Gasteiger partial charge in [-0.15, -0.1) is 0 Å². The Kier molecular flexibility index (Phi) is 51.7. The van der Waals surface area contributed by atoms with E-state index in [0.29, 0.717) is 17.4 Å². The minimum atomic E-state index is -4.36. The highest BCUT2D eigenvalue weighted by atomic mass is 31.2. The molecule has 1 amide bonds. The van der Waals surface area contributed by atoms with Crippen LogP contribution in [0.4, 0.5) is 0 Å². The lowest BCUT2D eigenvalue weighted by Crippen LogP contribution is -2.45. The molecule has 0 bridgehead atoms. The summed E-state index contributed by atoms with van der Waals surface area (Å²) in [6.45, 7) is 4.81. The lowest BCUT2D eigenvalue weighted by Gasteiger charge is -2.25. The Bertz CT molecular complexity index is 1340. The summed E-state index contributed by atoms with van der Waals surface area (Å²) in [5, 5.41) is 13.9. The summed E-state index contributed by atoms with van der Waals surface area (Å²) >= 11 is 0. The second-order valence-electron chi connectivity index (χ2n) is 21.7. The largest absolute Gasteiger partial charge is 0.472 e. The average Bonchev–Trinajstić information content (AvgIpc) is 3.33. The number of carbonyl (C=O) groups excluding carboxylic acids is 1. The van der Waals surface area contributed by atoms with Crippen LogP contribution >= 0.6 is 7.82 Å². The first-order valence-electron chi connectivity index (χ1n) is 30.2. The van der Waals surface area contributed by atoms with Gasteiger partial charge >= 0.3 is 7.82 Å². The fourth-order valence-corrected chi connectivity index (χ4v) is 9.45. The van der Waals surface area contributed by atoms with Gasteiger partial charge in [-0.05, 0) is 70.6 Å². The van der Waals surface area contributed by atoms with E-state index in [4.69, 9.17) is 9.05 Å². The molecule has 71 heavy (non-hydrogen) atoms. The van der Waals surface area contributed by atoms with Crippen LogP contribution < -0.4 is 5.32 Å². The van der Waals surface area contributed by atoms with Gasteiger partial charge in [0.15, 0.2) is 0 Å². The van der Waals surface area contributed by atoms with E-state index < -0.39 is 20.0 Å². The van der Waals surface area contributed by atoms with Crippen LogP contribution in [-0.4, -0.2) is 73.4 Å². The average molecular weight is 1020 g/mol. The van der Waals surface area contributed by atoms with Gasteiger partial charge in [0.1, 0.15) is 13.2 Å². The summed E-state index contributed by atoms with van der Waals surface area (Å²) in [6.07, 6.45) is 71.9. The number of unbranched alkanes of at least 4 members (excludes halogenated alkanes) is 34. The first-order valence-corrected chi connectivity index (χ1v) is 31.7. The summed E-state index contributed by atoms with van der Waals surface area (Å²) < 4.78 is 23.7. The minimum Gasteiger partial charge on any atom is -0.387 e. The van der Waals surface area contributed by atoms with Crippen molar-refractivity contribution in [2.24, 2.45) is 0 Å². The second kappa shape index (κ2) is 53.0. The molecule has 0 rings (SSSR count). The molecule has 3 unspecified atom stereocenters. The van der Waals surface area contributed by atoms with E-state index in [0.717, 1.165) is 51.4 Å². The Hall–Kier alpha value is -1.80. The van der Waals surface area contributed by atoms with Gasteiger partial charge in [-0.2, -0.15) is 0 Å². The van der Waals surface area contributed by atoms with E-state index in [9.17, 15) is 19.4 Å². The van der Waals surface area contributed by atoms with E-state index in [1.807, 2.05) is 27.2 Å². The lowest BCUT2D eigenvalue weighted by atomic mass is 10.0. The number of likely N-dealkylation sites (N-methyl/N-ethyl adjacent to an activating group) is 1. The van der Waals surface area contributed by atoms with E-state index >= 15 is 0 Å². The van der Waals surface area contributed by atoms with Crippen molar-refractivity contribution >= 4 is 13.7 Å². The molecular weight excluding hydrogens is 900 g/mol. The third-order valence-corrected chi connectivity index (χ3v) is 14.4. The summed E-state index contributed by atoms with van der Waals surface area (Å²) in [6, 6.07) is -0.869. The summed E-state index contributed by atoms with van der Waals surface area (Å²) in [4.78, 5) is 23.3. The molecule has 416 valence electrons. The van der Waals surface area contributed by atoms with Crippen molar-refractivity contribution in [3.8, 4) is 0 Å². The van der Waals surface area contributed by atoms with Crippen molar-refractivity contribution in [3.05, 3.63) is 60.8 Å². The maximum Gasteiger partial charge on any atom is 0.472 e. The molecule has 0 aromatic heterocycles. The molecule has 9 heteroatoms. The van der Waals surface area contributed by atoms with E-state index in [2.05, 4.69) is 67.8 Å². The van der Waals surface area contributed by atoms with Crippen LogP contribution in [0.3, 0.4) is 0 Å². The summed E-state index contributed by atoms with van der Waals surface area (Å²) in [5.41, 5.74) is 0. The normalized spacial score (nSPS) is 14.3. The van der Waals surface area contributed by atoms with Gasteiger partial charge in [0.2, 0.25) is 5.91 Å². The highest BCUT2D eigenvalue weighted by Gasteiger charge is 2.27. The Morgan fingerprint density at radius 3 is 1.23 bits per heavy atom. The standard InChI is InChI=1S/C62H117N2O6P/c1-6-8-10-12-14-16-18-20-22-24-26-28-30-32-34-36-38-40-42-44-46-48-50-52-54-56-62(66)63-60(59-70-71(67,68)69-58-57-64(3,4)5)61(65)55-53-51-49-47-45-43-41-39-37-35-33-31-29-27-25-23-21-19-17-15-13-11-9-7-2/h18,20,24,26,30,32,45,47,53,55,60-61,65H,6-17,19,21-23,25,27-29,31,33-44,46,48-52,54,56-59H2,1-5H3,(H-,63,66,67,68)/p+1/b20-18-,26-24-,32-30-,47-45+,55-53+. The third-order valence-electron chi connectivity index (χ3n) is 13.5. The zero-order chi connectivity index (χ0) is 52.0. The predicted octanol–water partition coefficient (Wildman–Crippen LogP) is 18.5. The van der Waals surface area contributed by atoms with E-state index in [1.54, 1.807) is 6.08 Å². The zero-order valence-corrected chi connectivity index (χ0v) is 48.4. The third kappa shape index (κ3) is 55.8. The van der Waals surface area contributed by atoms with Crippen molar-refractivity contribution in [1.29, 1.82) is 0 Å². The number of phosphoric acid groups is 1. The molecule has 0 aliphatic heterocycles. The van der Waals surface area contributed by atoms with Crippen molar-refractivity contribution < 1.29 is 32.9 Å². The van der Waals surface area contributed by atoms with Crippen LogP contribution in [-0.2, 0) is 18.4 Å². The minimum absolute atomic E-state index is 0.0538.